The van der Waals surface area contributed by atoms with Crippen LogP contribution < -0.4 is 37.9 Å². The summed E-state index contributed by atoms with van der Waals surface area (Å²) < 4.78 is 5.31. The highest BCUT2D eigenvalue weighted by Crippen LogP contribution is 2.16. The van der Waals surface area contributed by atoms with Crippen LogP contribution in [0.15, 0.2) is 53.5 Å². The van der Waals surface area contributed by atoms with Crippen LogP contribution in [-0.4, -0.2) is 60.5 Å². The topological polar surface area (TPSA) is 224 Å². The van der Waals surface area contributed by atoms with E-state index in [1.54, 1.807) is 24.3 Å². The molecule has 2 rings (SSSR count). The van der Waals surface area contributed by atoms with Crippen LogP contribution in [0.1, 0.15) is 10.4 Å². The third-order valence-corrected chi connectivity index (χ3v) is 4.10. The highest BCUT2D eigenvalue weighted by Gasteiger charge is 2.28. The SMILES string of the molecule is NCCOc1ccc(NC(=O)C(NC(=O)CNC(=O)c2cccc(N=C(N)N)c2)C(=O)O)cc1. The van der Waals surface area contributed by atoms with Gasteiger partial charge in [-0.3, -0.25) is 14.4 Å². The molecule has 10 N–H and O–H groups in total. The van der Waals surface area contributed by atoms with Crippen molar-refractivity contribution < 1.29 is 29.0 Å². The van der Waals surface area contributed by atoms with Crippen LogP contribution in [0.5, 0.6) is 5.75 Å². The molecular formula is C21H25N7O6. The lowest BCUT2D eigenvalue weighted by atomic mass is 10.2. The van der Waals surface area contributed by atoms with Gasteiger partial charge in [-0.1, -0.05) is 6.07 Å². The molecule has 0 aromatic heterocycles. The zero-order valence-corrected chi connectivity index (χ0v) is 18.0. The van der Waals surface area contributed by atoms with Crippen LogP contribution in [0.2, 0.25) is 0 Å². The van der Waals surface area contributed by atoms with Gasteiger partial charge in [-0.05, 0) is 42.5 Å². The predicted octanol–water partition coefficient (Wildman–Crippen LogP) is -1.13. The van der Waals surface area contributed by atoms with E-state index in [1.807, 2.05) is 0 Å². The number of ether oxygens (including phenoxy) is 1. The number of nitrogens with two attached hydrogens (primary N) is 3. The Hall–Kier alpha value is -4.65. The molecule has 0 fully saturated rings. The lowest BCUT2D eigenvalue weighted by Gasteiger charge is -2.15. The number of carboxylic acids is 1. The number of rotatable bonds is 11. The summed E-state index contributed by atoms with van der Waals surface area (Å²) in [6, 6.07) is 10.2. The molecule has 1 atom stereocenters. The molecule has 0 radical (unpaired) electrons. The van der Waals surface area contributed by atoms with E-state index in [2.05, 4.69) is 20.9 Å². The summed E-state index contributed by atoms with van der Waals surface area (Å²) in [5.41, 5.74) is 16.7. The summed E-state index contributed by atoms with van der Waals surface area (Å²) in [7, 11) is 0. The highest BCUT2D eigenvalue weighted by molar-refractivity contribution is 6.10. The smallest absolute Gasteiger partial charge is 0.336 e. The Morgan fingerprint density at radius 2 is 1.76 bits per heavy atom. The summed E-state index contributed by atoms with van der Waals surface area (Å²) in [5.74, 6) is -3.74. The van der Waals surface area contributed by atoms with Gasteiger partial charge in [-0.2, -0.15) is 0 Å². The number of nitrogens with zero attached hydrogens (tertiary/aromatic N) is 1. The molecule has 34 heavy (non-hydrogen) atoms. The van der Waals surface area contributed by atoms with Gasteiger partial charge in [0.1, 0.15) is 12.4 Å². The fourth-order valence-electron chi connectivity index (χ4n) is 2.61. The molecule has 2 aromatic rings. The number of amides is 3. The fraction of sp³-hybridized carbons (Fsp3) is 0.190. The van der Waals surface area contributed by atoms with Gasteiger partial charge in [0.2, 0.25) is 11.9 Å². The van der Waals surface area contributed by atoms with Crippen molar-refractivity contribution in [3.8, 4) is 5.75 Å². The van der Waals surface area contributed by atoms with Crippen molar-refractivity contribution in [3.63, 3.8) is 0 Å². The first-order valence-electron chi connectivity index (χ1n) is 9.93. The van der Waals surface area contributed by atoms with Crippen LogP contribution in [-0.2, 0) is 14.4 Å². The third kappa shape index (κ3) is 8.12. The molecule has 0 aliphatic carbocycles. The first kappa shape index (κ1) is 25.6. The second kappa shape index (κ2) is 12.4. The second-order valence-electron chi connectivity index (χ2n) is 6.76. The maximum atomic E-state index is 12.4. The monoisotopic (exact) mass is 471 g/mol. The number of aliphatic imine (C=N–C) groups is 1. The van der Waals surface area contributed by atoms with E-state index in [-0.39, 0.29) is 11.5 Å². The van der Waals surface area contributed by atoms with Gasteiger partial charge >= 0.3 is 5.97 Å². The molecule has 0 saturated carbocycles. The molecule has 2 aromatic carbocycles. The molecule has 0 heterocycles. The number of carbonyl (C=O) groups excluding carboxylic acids is 3. The molecule has 180 valence electrons. The van der Waals surface area contributed by atoms with Gasteiger partial charge in [-0.25, -0.2) is 9.79 Å². The van der Waals surface area contributed by atoms with Gasteiger partial charge in [0.15, 0.2) is 5.96 Å². The van der Waals surface area contributed by atoms with E-state index in [9.17, 15) is 24.3 Å². The summed E-state index contributed by atoms with van der Waals surface area (Å²) in [6.07, 6.45) is 0. The van der Waals surface area contributed by atoms with Crippen molar-refractivity contribution in [3.05, 3.63) is 54.1 Å². The first-order valence-corrected chi connectivity index (χ1v) is 9.93. The van der Waals surface area contributed by atoms with E-state index in [4.69, 9.17) is 21.9 Å². The second-order valence-corrected chi connectivity index (χ2v) is 6.76. The minimum atomic E-state index is -1.89. The quantitative estimate of drug-likeness (QED) is 0.119. The Balaban J connectivity index is 1.93. The Morgan fingerprint density at radius 3 is 2.38 bits per heavy atom. The Morgan fingerprint density at radius 1 is 1.06 bits per heavy atom. The van der Waals surface area contributed by atoms with Crippen molar-refractivity contribution in [1.82, 2.24) is 10.6 Å². The van der Waals surface area contributed by atoms with Crippen LogP contribution in [0.25, 0.3) is 0 Å². The maximum Gasteiger partial charge on any atom is 0.336 e. The number of carboxylic acid groups (broad SMARTS) is 1. The summed E-state index contributed by atoms with van der Waals surface area (Å²) >= 11 is 0. The van der Waals surface area contributed by atoms with Crippen molar-refractivity contribution in [2.75, 3.05) is 25.0 Å². The molecule has 1 unspecified atom stereocenters. The summed E-state index contributed by atoms with van der Waals surface area (Å²) in [5, 5.41) is 16.1. The lowest BCUT2D eigenvalue weighted by molar-refractivity contribution is -0.145. The fourth-order valence-corrected chi connectivity index (χ4v) is 2.61. The molecule has 0 saturated heterocycles. The van der Waals surface area contributed by atoms with E-state index in [0.717, 1.165) is 0 Å². The average molecular weight is 471 g/mol. The van der Waals surface area contributed by atoms with Crippen molar-refractivity contribution in [2.45, 2.75) is 6.04 Å². The van der Waals surface area contributed by atoms with Gasteiger partial charge in [-0.15, -0.1) is 0 Å². The van der Waals surface area contributed by atoms with Crippen LogP contribution >= 0.6 is 0 Å². The number of aliphatic carboxylic acids is 1. The van der Waals surface area contributed by atoms with Crippen molar-refractivity contribution in [1.29, 1.82) is 0 Å². The van der Waals surface area contributed by atoms with E-state index >= 15 is 0 Å². The van der Waals surface area contributed by atoms with Gasteiger partial charge in [0.05, 0.1) is 12.2 Å². The van der Waals surface area contributed by atoms with E-state index in [1.165, 1.54) is 24.3 Å². The Bertz CT molecular complexity index is 1070. The summed E-state index contributed by atoms with van der Waals surface area (Å²) in [4.78, 5) is 52.1. The molecule has 13 heteroatoms. The minimum Gasteiger partial charge on any atom is -0.492 e. The number of anilines is 1. The largest absolute Gasteiger partial charge is 0.492 e. The Kier molecular flexibility index (Phi) is 9.34. The van der Waals surface area contributed by atoms with Crippen molar-refractivity contribution >= 4 is 41.0 Å². The first-order chi connectivity index (χ1) is 16.2. The molecule has 0 aliphatic rings. The van der Waals surface area contributed by atoms with Crippen LogP contribution in [0.4, 0.5) is 11.4 Å². The zero-order valence-electron chi connectivity index (χ0n) is 18.0. The van der Waals surface area contributed by atoms with Crippen LogP contribution in [0.3, 0.4) is 0 Å². The van der Waals surface area contributed by atoms with Gasteiger partial charge < -0.3 is 43.0 Å². The number of nitrogens with one attached hydrogen (secondary N) is 3. The van der Waals surface area contributed by atoms with Gasteiger partial charge in [0.25, 0.3) is 11.8 Å². The molecular weight excluding hydrogens is 446 g/mol. The molecule has 0 bridgehead atoms. The summed E-state index contributed by atoms with van der Waals surface area (Å²) in [6.45, 7) is 0.0793. The molecule has 0 aliphatic heterocycles. The Labute approximate surface area is 194 Å². The van der Waals surface area contributed by atoms with Crippen molar-refractivity contribution in [2.24, 2.45) is 22.2 Å². The maximum absolute atomic E-state index is 12.4. The number of carbonyl (C=O) groups is 4. The highest BCUT2D eigenvalue weighted by atomic mass is 16.5. The minimum absolute atomic E-state index is 0.168. The van der Waals surface area contributed by atoms with Gasteiger partial charge in [0, 0.05) is 17.8 Å². The predicted molar refractivity (Wildman–Crippen MR) is 123 cm³/mol. The standard InChI is InChI=1S/C21H25N7O6/c22-8-9-34-15-6-4-13(5-7-15)26-19(31)17(20(32)33)28-16(29)11-25-18(30)12-2-1-3-14(10-12)27-21(23)24/h1-7,10,17H,8-9,11,22H2,(H,25,30)(H,26,31)(H,28,29)(H,32,33)(H4,23,24,27). The normalized spacial score (nSPS) is 11.0. The average Bonchev–Trinajstić information content (AvgIpc) is 2.80. The molecule has 0 spiro atoms. The number of benzene rings is 2. The lowest BCUT2D eigenvalue weighted by Crippen LogP contribution is -2.51. The number of hydrogen-bond donors (Lipinski definition) is 7. The molecule has 3 amide bonds. The molecule has 13 nitrogen and oxygen atoms in total. The third-order valence-electron chi connectivity index (χ3n) is 4.10. The number of guanidine groups is 1. The van der Waals surface area contributed by atoms with Crippen LogP contribution in [0, 0.1) is 0 Å². The van der Waals surface area contributed by atoms with E-state index < -0.39 is 36.3 Å². The zero-order chi connectivity index (χ0) is 25.1. The van der Waals surface area contributed by atoms with E-state index in [0.29, 0.717) is 30.3 Å². The number of hydrogen-bond acceptors (Lipinski definition) is 7.